The van der Waals surface area contributed by atoms with Gasteiger partial charge in [0.1, 0.15) is 29.9 Å². The summed E-state index contributed by atoms with van der Waals surface area (Å²) in [4.78, 5) is 21.0. The van der Waals surface area contributed by atoms with Crippen LogP contribution < -0.4 is 14.4 Å². The molecule has 0 N–H and O–H groups in total. The molecular weight excluding hydrogens is 472 g/mol. The zero-order valence-electron chi connectivity index (χ0n) is 20.6. The number of oxazole rings is 1. The molecule has 1 fully saturated rings. The molecule has 0 aliphatic carbocycles. The Bertz CT molecular complexity index is 1440. The van der Waals surface area contributed by atoms with Crippen LogP contribution in [0.1, 0.15) is 27.4 Å². The van der Waals surface area contributed by atoms with Crippen LogP contribution in [0.3, 0.4) is 0 Å². The molecule has 0 atom stereocenters. The highest BCUT2D eigenvalue weighted by atomic mass is 16.5. The number of benzene rings is 2. The van der Waals surface area contributed by atoms with Gasteiger partial charge in [0.25, 0.3) is 11.8 Å². The summed E-state index contributed by atoms with van der Waals surface area (Å²) in [6.07, 6.45) is 0. The predicted octanol–water partition coefficient (Wildman–Crippen LogP) is 4.66. The number of methoxy groups -OCH3 is 1. The molecule has 1 aliphatic heterocycles. The van der Waals surface area contributed by atoms with Crippen molar-refractivity contribution >= 4 is 11.8 Å². The number of nitriles is 1. The lowest BCUT2D eigenvalue weighted by molar-refractivity contribution is 0.0742. The number of furan rings is 1. The van der Waals surface area contributed by atoms with Crippen LogP contribution in [-0.2, 0) is 6.61 Å². The Morgan fingerprint density at radius 2 is 1.86 bits per heavy atom. The topological polar surface area (TPSA) is 105 Å². The molecular formula is C28H26N4O5. The summed E-state index contributed by atoms with van der Waals surface area (Å²) in [6, 6.07) is 20.6. The number of anilines is 1. The summed E-state index contributed by atoms with van der Waals surface area (Å²) in [5.74, 6) is 2.83. The molecule has 0 radical (unpaired) electrons. The summed E-state index contributed by atoms with van der Waals surface area (Å²) in [5.41, 5.74) is 1.81. The highest BCUT2D eigenvalue weighted by Crippen LogP contribution is 2.31. The fourth-order valence-electron chi connectivity index (χ4n) is 4.24. The van der Waals surface area contributed by atoms with E-state index in [1.54, 1.807) is 36.3 Å². The van der Waals surface area contributed by atoms with Gasteiger partial charge in [-0.15, -0.1) is 0 Å². The number of aromatic nitrogens is 1. The van der Waals surface area contributed by atoms with Gasteiger partial charge in [-0.25, -0.2) is 0 Å². The van der Waals surface area contributed by atoms with Gasteiger partial charge >= 0.3 is 0 Å². The first-order valence-corrected chi connectivity index (χ1v) is 11.9. The van der Waals surface area contributed by atoms with E-state index < -0.39 is 0 Å². The molecule has 9 nitrogen and oxygen atoms in total. The van der Waals surface area contributed by atoms with Crippen LogP contribution in [0.15, 0.2) is 69.5 Å². The number of para-hydroxylation sites is 1. The van der Waals surface area contributed by atoms with E-state index in [1.165, 1.54) is 0 Å². The number of hydrogen-bond donors (Lipinski definition) is 0. The first kappa shape index (κ1) is 24.0. The molecule has 0 spiro atoms. The molecule has 0 bridgehead atoms. The van der Waals surface area contributed by atoms with Crippen molar-refractivity contribution in [2.45, 2.75) is 13.5 Å². The zero-order chi connectivity index (χ0) is 25.8. The van der Waals surface area contributed by atoms with Crippen molar-refractivity contribution in [1.82, 2.24) is 9.88 Å². The number of aryl methyl sites for hydroxylation is 1. The van der Waals surface area contributed by atoms with Crippen LogP contribution in [-0.4, -0.2) is 49.1 Å². The molecule has 0 unspecified atom stereocenters. The summed E-state index contributed by atoms with van der Waals surface area (Å²) in [6.45, 7) is 4.20. The maximum atomic E-state index is 13.0. The Hall–Kier alpha value is -4.71. The van der Waals surface area contributed by atoms with E-state index in [2.05, 4.69) is 11.1 Å². The van der Waals surface area contributed by atoms with Gasteiger partial charge in [-0.1, -0.05) is 24.3 Å². The maximum absolute atomic E-state index is 13.0. The molecule has 3 heterocycles. The van der Waals surface area contributed by atoms with Crippen molar-refractivity contribution in [1.29, 1.82) is 5.26 Å². The first-order valence-electron chi connectivity index (χ1n) is 11.9. The van der Waals surface area contributed by atoms with Crippen molar-refractivity contribution in [2.75, 3.05) is 38.2 Å². The molecule has 188 valence electrons. The minimum atomic E-state index is -0.0909. The Morgan fingerprint density at radius 3 is 2.62 bits per heavy atom. The second kappa shape index (κ2) is 10.5. The smallest absolute Gasteiger partial charge is 0.266 e. The highest BCUT2D eigenvalue weighted by molar-refractivity contribution is 5.97. The number of nitrogens with zero attached hydrogens (tertiary/aromatic N) is 4. The highest BCUT2D eigenvalue weighted by Gasteiger charge is 2.28. The quantitative estimate of drug-likeness (QED) is 0.362. The zero-order valence-corrected chi connectivity index (χ0v) is 20.6. The molecule has 5 rings (SSSR count). The minimum absolute atomic E-state index is 0.0909. The Morgan fingerprint density at radius 1 is 1.05 bits per heavy atom. The second-order valence-corrected chi connectivity index (χ2v) is 8.64. The number of carbonyl (C=O) groups excluding carboxylic acids is 1. The normalized spacial score (nSPS) is 13.3. The molecule has 2 aromatic heterocycles. The summed E-state index contributed by atoms with van der Waals surface area (Å²) in [7, 11) is 1.55. The van der Waals surface area contributed by atoms with Gasteiger partial charge in [0, 0.05) is 26.2 Å². The number of rotatable bonds is 7. The van der Waals surface area contributed by atoms with Crippen LogP contribution in [0, 0.1) is 18.3 Å². The number of ether oxygens (including phenoxy) is 2. The van der Waals surface area contributed by atoms with Crippen molar-refractivity contribution in [3.8, 4) is 29.2 Å². The monoisotopic (exact) mass is 498 g/mol. The predicted molar refractivity (Wildman–Crippen MR) is 136 cm³/mol. The van der Waals surface area contributed by atoms with Crippen LogP contribution in [0.2, 0.25) is 0 Å². The van der Waals surface area contributed by atoms with Gasteiger partial charge in [0.2, 0.25) is 11.6 Å². The fourth-order valence-corrected chi connectivity index (χ4v) is 4.24. The largest absolute Gasteiger partial charge is 0.496 e. The van der Waals surface area contributed by atoms with E-state index in [0.717, 1.165) is 11.3 Å². The average molecular weight is 499 g/mol. The first-order chi connectivity index (χ1) is 18.1. The van der Waals surface area contributed by atoms with E-state index in [9.17, 15) is 10.1 Å². The molecule has 2 aromatic carbocycles. The third-order valence-corrected chi connectivity index (χ3v) is 6.15. The lowest BCUT2D eigenvalue weighted by Crippen LogP contribution is -2.49. The Kier molecular flexibility index (Phi) is 6.81. The molecule has 37 heavy (non-hydrogen) atoms. The van der Waals surface area contributed by atoms with Crippen LogP contribution in [0.25, 0.3) is 11.7 Å². The van der Waals surface area contributed by atoms with Gasteiger partial charge in [-0.3, -0.25) is 4.79 Å². The van der Waals surface area contributed by atoms with Gasteiger partial charge in [0.15, 0.2) is 5.76 Å². The number of carbonyl (C=O) groups is 1. The lowest BCUT2D eigenvalue weighted by Gasteiger charge is -2.34. The second-order valence-electron chi connectivity index (χ2n) is 8.64. The number of piperazine rings is 1. The minimum Gasteiger partial charge on any atom is -0.496 e. The lowest BCUT2D eigenvalue weighted by atomic mass is 10.1. The third kappa shape index (κ3) is 5.14. The Balaban J connectivity index is 1.25. The van der Waals surface area contributed by atoms with Crippen LogP contribution in [0.4, 0.5) is 5.88 Å². The molecule has 4 aromatic rings. The standard InChI is InChI=1S/C28H26N4O5/c1-19-6-5-7-20(16-19)35-18-21-10-11-25(36-21)26-30-23(17-29)28(37-26)32-14-12-31(13-15-32)27(33)22-8-3-4-9-24(22)34-2/h3-11,16H,12-15,18H2,1-2H3. The van der Waals surface area contributed by atoms with Gasteiger partial charge in [-0.05, 0) is 48.9 Å². The van der Waals surface area contributed by atoms with Crippen molar-refractivity contribution < 1.29 is 23.1 Å². The Labute approximate surface area is 214 Å². The number of amides is 1. The molecule has 0 saturated carbocycles. The van der Waals surface area contributed by atoms with E-state index in [-0.39, 0.29) is 24.1 Å². The molecule has 9 heteroatoms. The number of hydrogen-bond acceptors (Lipinski definition) is 8. The van der Waals surface area contributed by atoms with Crippen molar-refractivity contribution in [3.05, 3.63) is 83.2 Å². The molecule has 1 amide bonds. The van der Waals surface area contributed by atoms with Crippen LogP contribution in [0.5, 0.6) is 11.5 Å². The van der Waals surface area contributed by atoms with Crippen LogP contribution >= 0.6 is 0 Å². The van der Waals surface area contributed by atoms with Gasteiger partial charge in [0.05, 0.1) is 12.7 Å². The molecule has 1 aliphatic rings. The van der Waals surface area contributed by atoms with Gasteiger partial charge < -0.3 is 28.1 Å². The third-order valence-electron chi connectivity index (χ3n) is 6.15. The average Bonchev–Trinajstić information content (AvgIpc) is 3.59. The van der Waals surface area contributed by atoms with E-state index in [4.69, 9.17) is 18.3 Å². The van der Waals surface area contributed by atoms with E-state index >= 15 is 0 Å². The van der Waals surface area contributed by atoms with E-state index in [1.807, 2.05) is 48.2 Å². The van der Waals surface area contributed by atoms with Gasteiger partial charge in [-0.2, -0.15) is 10.2 Å². The summed E-state index contributed by atoms with van der Waals surface area (Å²) < 4.78 is 23.0. The fraction of sp³-hybridized carbons (Fsp3) is 0.250. The van der Waals surface area contributed by atoms with Crippen molar-refractivity contribution in [3.63, 3.8) is 0 Å². The SMILES string of the molecule is COc1ccccc1C(=O)N1CCN(c2oc(-c3ccc(COc4cccc(C)c4)o3)nc2C#N)CC1. The molecule has 1 saturated heterocycles. The summed E-state index contributed by atoms with van der Waals surface area (Å²) >= 11 is 0. The maximum Gasteiger partial charge on any atom is 0.266 e. The van der Waals surface area contributed by atoms with E-state index in [0.29, 0.717) is 54.9 Å². The van der Waals surface area contributed by atoms with Crippen molar-refractivity contribution in [2.24, 2.45) is 0 Å². The summed E-state index contributed by atoms with van der Waals surface area (Å²) in [5, 5.41) is 9.67.